The van der Waals surface area contributed by atoms with Crippen molar-refractivity contribution in [2.75, 3.05) is 0 Å². The second-order valence-corrected chi connectivity index (χ2v) is 6.39. The molecule has 0 aliphatic carbocycles. The van der Waals surface area contributed by atoms with Gasteiger partial charge in [-0.25, -0.2) is 0 Å². The number of carbonyl (C=O) groups excluding carboxylic acids is 1. The predicted molar refractivity (Wildman–Crippen MR) is 86.7 cm³/mol. The lowest BCUT2D eigenvalue weighted by Gasteiger charge is -2.27. The number of rotatable bonds is 3. The van der Waals surface area contributed by atoms with Gasteiger partial charge in [-0.05, 0) is 36.6 Å². The summed E-state index contributed by atoms with van der Waals surface area (Å²) < 4.78 is 0. The zero-order valence-corrected chi connectivity index (χ0v) is 13.3. The first-order valence-corrected chi connectivity index (χ1v) is 7.24. The lowest BCUT2D eigenvalue weighted by molar-refractivity contribution is 0.0908. The minimum Gasteiger partial charge on any atom is -0.349 e. The zero-order valence-electron chi connectivity index (χ0n) is 13.3. The molecule has 5 nitrogen and oxygen atoms in total. The molecule has 5 heteroatoms. The van der Waals surface area contributed by atoms with Gasteiger partial charge in [0, 0.05) is 12.2 Å². The Morgan fingerprint density at radius 2 is 1.95 bits per heavy atom. The minimum absolute atomic E-state index is 0.0464. The fraction of sp³-hybridized carbons (Fsp3) is 0.353. The average Bonchev–Trinajstić information content (AvgIpc) is 2.46. The third-order valence-electron chi connectivity index (χ3n) is 3.74. The summed E-state index contributed by atoms with van der Waals surface area (Å²) in [5, 5.41) is 2.86. The van der Waals surface area contributed by atoms with E-state index in [2.05, 4.69) is 15.3 Å². The molecule has 0 aliphatic rings. The van der Waals surface area contributed by atoms with E-state index in [1.165, 1.54) is 6.07 Å². The maximum atomic E-state index is 12.2. The number of hydrogen-bond donors (Lipinski definition) is 2. The minimum atomic E-state index is -0.415. The number of aromatic amines is 1. The van der Waals surface area contributed by atoms with Crippen molar-refractivity contribution in [2.45, 2.75) is 33.7 Å². The summed E-state index contributed by atoms with van der Waals surface area (Å²) in [7, 11) is 0. The van der Waals surface area contributed by atoms with Crippen LogP contribution in [-0.4, -0.2) is 21.9 Å². The standard InChI is InChI=1S/C17H21N3O2/c1-11(17(2,3)4)19-15(21)12-8-9-14(20-16(12)22)13-7-5-6-10-18-13/h5-11H,1-4H3,(H,19,21)(H,20,22)/t11-/m0/s1. The Morgan fingerprint density at radius 3 is 2.50 bits per heavy atom. The molecular formula is C17H21N3O2. The highest BCUT2D eigenvalue weighted by Gasteiger charge is 2.23. The molecule has 0 aliphatic heterocycles. The number of aromatic nitrogens is 2. The van der Waals surface area contributed by atoms with Crippen LogP contribution in [-0.2, 0) is 0 Å². The first-order chi connectivity index (χ1) is 10.3. The van der Waals surface area contributed by atoms with Gasteiger partial charge < -0.3 is 10.3 Å². The third-order valence-corrected chi connectivity index (χ3v) is 3.74. The average molecular weight is 299 g/mol. The normalized spacial score (nSPS) is 12.7. The molecule has 0 spiro atoms. The van der Waals surface area contributed by atoms with E-state index < -0.39 is 5.56 Å². The van der Waals surface area contributed by atoms with Crippen LogP contribution in [0.1, 0.15) is 38.1 Å². The van der Waals surface area contributed by atoms with Crippen molar-refractivity contribution < 1.29 is 4.79 Å². The Kier molecular flexibility index (Phi) is 4.45. The highest BCUT2D eigenvalue weighted by atomic mass is 16.2. The Morgan fingerprint density at radius 1 is 1.23 bits per heavy atom. The second-order valence-electron chi connectivity index (χ2n) is 6.39. The van der Waals surface area contributed by atoms with Crippen LogP contribution in [0.25, 0.3) is 11.4 Å². The molecule has 2 aromatic heterocycles. The molecule has 22 heavy (non-hydrogen) atoms. The maximum absolute atomic E-state index is 12.2. The van der Waals surface area contributed by atoms with E-state index in [9.17, 15) is 9.59 Å². The highest BCUT2D eigenvalue weighted by Crippen LogP contribution is 2.18. The second kappa shape index (κ2) is 6.13. The summed E-state index contributed by atoms with van der Waals surface area (Å²) in [6, 6.07) is 8.62. The zero-order chi connectivity index (χ0) is 16.3. The van der Waals surface area contributed by atoms with E-state index in [0.29, 0.717) is 11.4 Å². The molecule has 1 atom stereocenters. The summed E-state index contributed by atoms with van der Waals surface area (Å²) in [5.41, 5.74) is 0.870. The number of amides is 1. The lowest BCUT2D eigenvalue weighted by Crippen LogP contribution is -2.43. The molecule has 0 aromatic carbocycles. The number of carbonyl (C=O) groups is 1. The SMILES string of the molecule is C[C@H](NC(=O)c1ccc(-c2ccccn2)[nH]c1=O)C(C)(C)C. The molecule has 0 unspecified atom stereocenters. The molecule has 2 N–H and O–H groups in total. The van der Waals surface area contributed by atoms with Gasteiger partial charge in [-0.2, -0.15) is 0 Å². The molecule has 2 aromatic rings. The van der Waals surface area contributed by atoms with E-state index in [1.807, 2.05) is 33.8 Å². The fourth-order valence-corrected chi connectivity index (χ4v) is 1.81. The van der Waals surface area contributed by atoms with Gasteiger partial charge in [-0.3, -0.25) is 14.6 Å². The van der Waals surface area contributed by atoms with Crippen molar-refractivity contribution >= 4 is 5.91 Å². The first kappa shape index (κ1) is 15.9. The smallest absolute Gasteiger partial charge is 0.261 e. The summed E-state index contributed by atoms with van der Waals surface area (Å²) in [6.45, 7) is 8.03. The number of hydrogen-bond acceptors (Lipinski definition) is 3. The molecule has 116 valence electrons. The summed E-state index contributed by atoms with van der Waals surface area (Å²) in [5.74, 6) is -0.365. The third kappa shape index (κ3) is 3.61. The van der Waals surface area contributed by atoms with Gasteiger partial charge in [-0.1, -0.05) is 26.8 Å². The van der Waals surface area contributed by atoms with Crippen molar-refractivity contribution in [3.05, 3.63) is 52.4 Å². The van der Waals surface area contributed by atoms with Crippen LogP contribution in [0, 0.1) is 5.41 Å². The summed E-state index contributed by atoms with van der Waals surface area (Å²) >= 11 is 0. The molecule has 2 heterocycles. The first-order valence-electron chi connectivity index (χ1n) is 7.24. The van der Waals surface area contributed by atoms with Crippen LogP contribution in [0.5, 0.6) is 0 Å². The van der Waals surface area contributed by atoms with E-state index in [4.69, 9.17) is 0 Å². The van der Waals surface area contributed by atoms with Crippen LogP contribution in [0.4, 0.5) is 0 Å². The molecule has 0 bridgehead atoms. The topological polar surface area (TPSA) is 74.8 Å². The van der Waals surface area contributed by atoms with E-state index in [0.717, 1.165) is 0 Å². The van der Waals surface area contributed by atoms with Gasteiger partial charge in [0.15, 0.2) is 0 Å². The molecule has 0 radical (unpaired) electrons. The van der Waals surface area contributed by atoms with E-state index in [1.54, 1.807) is 24.4 Å². The summed E-state index contributed by atoms with van der Waals surface area (Å²) in [6.07, 6.45) is 1.65. The quantitative estimate of drug-likeness (QED) is 0.914. The van der Waals surface area contributed by atoms with Gasteiger partial charge in [0.25, 0.3) is 11.5 Å². The molecule has 0 saturated carbocycles. The maximum Gasteiger partial charge on any atom is 0.261 e. The monoisotopic (exact) mass is 299 g/mol. The largest absolute Gasteiger partial charge is 0.349 e. The predicted octanol–water partition coefficient (Wildman–Crippen LogP) is 2.60. The van der Waals surface area contributed by atoms with Crippen molar-refractivity contribution in [3.8, 4) is 11.4 Å². The van der Waals surface area contributed by atoms with Crippen LogP contribution >= 0.6 is 0 Å². The van der Waals surface area contributed by atoms with Crippen molar-refractivity contribution in [2.24, 2.45) is 5.41 Å². The molecule has 1 amide bonds. The molecular weight excluding hydrogens is 278 g/mol. The molecule has 0 fully saturated rings. The van der Waals surface area contributed by atoms with Crippen molar-refractivity contribution in [1.29, 1.82) is 0 Å². The van der Waals surface area contributed by atoms with Gasteiger partial charge in [0.2, 0.25) is 0 Å². The summed E-state index contributed by atoms with van der Waals surface area (Å²) in [4.78, 5) is 31.2. The molecule has 0 saturated heterocycles. The number of pyridine rings is 2. The van der Waals surface area contributed by atoms with Crippen LogP contribution < -0.4 is 10.9 Å². The van der Waals surface area contributed by atoms with Crippen LogP contribution in [0.3, 0.4) is 0 Å². The van der Waals surface area contributed by atoms with Crippen molar-refractivity contribution in [1.82, 2.24) is 15.3 Å². The van der Waals surface area contributed by atoms with Crippen LogP contribution in [0.2, 0.25) is 0 Å². The van der Waals surface area contributed by atoms with Crippen LogP contribution in [0.15, 0.2) is 41.3 Å². The fourth-order valence-electron chi connectivity index (χ4n) is 1.81. The van der Waals surface area contributed by atoms with Gasteiger partial charge in [0.05, 0.1) is 11.4 Å². The van der Waals surface area contributed by atoms with Crippen molar-refractivity contribution in [3.63, 3.8) is 0 Å². The Bertz CT molecular complexity index is 715. The number of nitrogens with one attached hydrogen (secondary N) is 2. The molecule has 2 rings (SSSR count). The Balaban J connectivity index is 2.24. The lowest BCUT2D eigenvalue weighted by atomic mass is 9.88. The Hall–Kier alpha value is -2.43. The van der Waals surface area contributed by atoms with E-state index >= 15 is 0 Å². The van der Waals surface area contributed by atoms with Gasteiger partial charge in [0.1, 0.15) is 5.56 Å². The number of H-pyrrole nitrogens is 1. The number of nitrogens with zero attached hydrogens (tertiary/aromatic N) is 1. The van der Waals surface area contributed by atoms with Gasteiger partial charge in [-0.15, -0.1) is 0 Å². The Labute approximate surface area is 129 Å². The van der Waals surface area contributed by atoms with Gasteiger partial charge >= 0.3 is 0 Å². The van der Waals surface area contributed by atoms with E-state index in [-0.39, 0.29) is 22.9 Å². The highest BCUT2D eigenvalue weighted by molar-refractivity contribution is 5.94.